The van der Waals surface area contributed by atoms with E-state index >= 15 is 0 Å². The van der Waals surface area contributed by atoms with Crippen LogP contribution >= 0.6 is 0 Å². The van der Waals surface area contributed by atoms with Crippen molar-refractivity contribution in [3.63, 3.8) is 0 Å². The van der Waals surface area contributed by atoms with Crippen molar-refractivity contribution in [2.45, 2.75) is 24.8 Å². The highest BCUT2D eigenvalue weighted by Crippen LogP contribution is 2.17. The molecule has 1 aromatic carbocycles. The van der Waals surface area contributed by atoms with Gasteiger partial charge in [0.15, 0.2) is 0 Å². The van der Waals surface area contributed by atoms with Crippen molar-refractivity contribution >= 4 is 15.9 Å². The number of nitrogens with two attached hydrogens (primary N) is 1. The zero-order valence-corrected chi connectivity index (χ0v) is 13.0. The summed E-state index contributed by atoms with van der Waals surface area (Å²) >= 11 is 0. The standard InChI is InChI=1S/C13H19FN2O4S/c1-9(2)16(6-7-20-3)13(17)11-8-10(21(15,18)19)4-5-12(11)14/h4-5,8-9H,6-7H2,1-3H3,(H2,15,18,19). The quantitative estimate of drug-likeness (QED) is 0.846. The van der Waals surface area contributed by atoms with Crippen LogP contribution in [0.3, 0.4) is 0 Å². The van der Waals surface area contributed by atoms with Crippen molar-refractivity contribution in [1.29, 1.82) is 0 Å². The molecule has 0 aromatic heterocycles. The van der Waals surface area contributed by atoms with E-state index in [4.69, 9.17) is 9.88 Å². The second-order valence-electron chi connectivity index (χ2n) is 4.77. The van der Waals surface area contributed by atoms with Crippen LogP contribution in [0.25, 0.3) is 0 Å². The first-order valence-electron chi connectivity index (χ1n) is 6.30. The summed E-state index contributed by atoms with van der Waals surface area (Å²) in [5, 5.41) is 5.00. The molecule has 8 heteroatoms. The Kier molecular flexibility index (Phi) is 5.82. The maximum Gasteiger partial charge on any atom is 0.257 e. The van der Waals surface area contributed by atoms with Gasteiger partial charge < -0.3 is 9.64 Å². The van der Waals surface area contributed by atoms with Crippen LogP contribution < -0.4 is 5.14 Å². The van der Waals surface area contributed by atoms with E-state index in [9.17, 15) is 17.6 Å². The smallest absolute Gasteiger partial charge is 0.257 e. The van der Waals surface area contributed by atoms with Crippen LogP contribution in [0.15, 0.2) is 23.1 Å². The van der Waals surface area contributed by atoms with Crippen LogP contribution in [0, 0.1) is 5.82 Å². The predicted octanol–water partition coefficient (Wildman–Crippen LogP) is 0.970. The molecule has 0 fully saturated rings. The maximum absolute atomic E-state index is 13.8. The van der Waals surface area contributed by atoms with Gasteiger partial charge in [-0.2, -0.15) is 0 Å². The van der Waals surface area contributed by atoms with Gasteiger partial charge in [-0.25, -0.2) is 17.9 Å². The molecular weight excluding hydrogens is 299 g/mol. The van der Waals surface area contributed by atoms with Crippen LogP contribution in [0.5, 0.6) is 0 Å². The van der Waals surface area contributed by atoms with Gasteiger partial charge in [-0.15, -0.1) is 0 Å². The molecule has 0 radical (unpaired) electrons. The SMILES string of the molecule is COCCN(C(=O)c1cc(S(N)(=O)=O)ccc1F)C(C)C. The van der Waals surface area contributed by atoms with Crippen molar-refractivity contribution in [2.75, 3.05) is 20.3 Å². The normalized spacial score (nSPS) is 11.7. The molecule has 0 aliphatic heterocycles. The second-order valence-corrected chi connectivity index (χ2v) is 6.33. The first-order chi connectivity index (χ1) is 9.68. The summed E-state index contributed by atoms with van der Waals surface area (Å²) in [6, 6.07) is 2.71. The Balaban J connectivity index is 3.21. The average molecular weight is 318 g/mol. The lowest BCUT2D eigenvalue weighted by molar-refractivity contribution is 0.0630. The lowest BCUT2D eigenvalue weighted by Gasteiger charge is -2.26. The molecule has 1 amide bonds. The van der Waals surface area contributed by atoms with Crippen molar-refractivity contribution in [3.8, 4) is 0 Å². The zero-order valence-electron chi connectivity index (χ0n) is 12.2. The lowest BCUT2D eigenvalue weighted by atomic mass is 10.1. The summed E-state index contributed by atoms with van der Waals surface area (Å²) in [4.78, 5) is 13.5. The van der Waals surface area contributed by atoms with E-state index in [-0.39, 0.29) is 23.0 Å². The molecule has 118 valence electrons. The number of methoxy groups -OCH3 is 1. The van der Waals surface area contributed by atoms with E-state index in [1.165, 1.54) is 12.0 Å². The molecule has 2 N–H and O–H groups in total. The predicted molar refractivity (Wildman–Crippen MR) is 75.8 cm³/mol. The highest BCUT2D eigenvalue weighted by atomic mass is 32.2. The molecular formula is C13H19FN2O4S. The number of hydrogen-bond acceptors (Lipinski definition) is 4. The fourth-order valence-corrected chi connectivity index (χ4v) is 2.32. The van der Waals surface area contributed by atoms with E-state index in [2.05, 4.69) is 0 Å². The molecule has 0 atom stereocenters. The molecule has 0 spiro atoms. The summed E-state index contributed by atoms with van der Waals surface area (Å²) < 4.78 is 41.4. The Labute approximate surface area is 123 Å². The maximum atomic E-state index is 13.8. The van der Waals surface area contributed by atoms with Crippen molar-refractivity contribution in [3.05, 3.63) is 29.6 Å². The number of nitrogens with zero attached hydrogens (tertiary/aromatic N) is 1. The van der Waals surface area contributed by atoms with Gasteiger partial charge in [0.25, 0.3) is 5.91 Å². The van der Waals surface area contributed by atoms with Crippen LogP contribution in [0.4, 0.5) is 4.39 Å². The van der Waals surface area contributed by atoms with Gasteiger partial charge in [-0.05, 0) is 32.0 Å². The summed E-state index contributed by atoms with van der Waals surface area (Å²) in [7, 11) is -2.51. The van der Waals surface area contributed by atoms with Gasteiger partial charge in [0.05, 0.1) is 17.1 Å². The van der Waals surface area contributed by atoms with E-state index in [0.717, 1.165) is 18.2 Å². The topological polar surface area (TPSA) is 89.7 Å². The minimum absolute atomic E-state index is 0.190. The van der Waals surface area contributed by atoms with E-state index < -0.39 is 21.7 Å². The molecule has 1 aromatic rings. The number of hydrogen-bond donors (Lipinski definition) is 1. The third-order valence-electron chi connectivity index (χ3n) is 2.92. The van der Waals surface area contributed by atoms with Gasteiger partial charge in [-0.3, -0.25) is 4.79 Å². The fraction of sp³-hybridized carbons (Fsp3) is 0.462. The molecule has 0 bridgehead atoms. The molecule has 0 unspecified atom stereocenters. The van der Waals surface area contributed by atoms with Crippen LogP contribution in [-0.2, 0) is 14.8 Å². The Morgan fingerprint density at radius 2 is 2.05 bits per heavy atom. The fourth-order valence-electron chi connectivity index (χ4n) is 1.78. The number of benzene rings is 1. The molecule has 6 nitrogen and oxygen atoms in total. The van der Waals surface area contributed by atoms with E-state index in [0.29, 0.717) is 6.61 Å². The van der Waals surface area contributed by atoms with Crippen molar-refractivity contribution in [2.24, 2.45) is 5.14 Å². The third-order valence-corrected chi connectivity index (χ3v) is 3.83. The molecule has 0 saturated carbocycles. The van der Waals surface area contributed by atoms with Gasteiger partial charge in [0, 0.05) is 19.7 Å². The van der Waals surface area contributed by atoms with E-state index in [1.807, 2.05) is 0 Å². The first kappa shape index (κ1) is 17.5. The molecule has 1 rings (SSSR count). The number of primary sulfonamides is 1. The number of rotatable bonds is 6. The Hall–Kier alpha value is -1.51. The minimum Gasteiger partial charge on any atom is -0.383 e. The molecule has 0 saturated heterocycles. The van der Waals surface area contributed by atoms with E-state index in [1.54, 1.807) is 13.8 Å². The summed E-state index contributed by atoms with van der Waals surface area (Å²) in [5.74, 6) is -1.40. The minimum atomic E-state index is -4.00. The highest BCUT2D eigenvalue weighted by molar-refractivity contribution is 7.89. The number of carbonyl (C=O) groups excluding carboxylic acids is 1. The molecule has 21 heavy (non-hydrogen) atoms. The van der Waals surface area contributed by atoms with Gasteiger partial charge in [-0.1, -0.05) is 0 Å². The van der Waals surface area contributed by atoms with Crippen LogP contribution in [-0.4, -0.2) is 45.5 Å². The Morgan fingerprint density at radius 3 is 2.52 bits per heavy atom. The van der Waals surface area contributed by atoms with Crippen LogP contribution in [0.1, 0.15) is 24.2 Å². The molecule has 0 aliphatic rings. The monoisotopic (exact) mass is 318 g/mol. The molecule has 0 heterocycles. The number of amides is 1. The van der Waals surface area contributed by atoms with Crippen molar-refractivity contribution in [1.82, 2.24) is 4.90 Å². The molecule has 0 aliphatic carbocycles. The van der Waals surface area contributed by atoms with Gasteiger partial charge in [0.1, 0.15) is 5.82 Å². The lowest BCUT2D eigenvalue weighted by Crippen LogP contribution is -2.39. The van der Waals surface area contributed by atoms with Crippen molar-refractivity contribution < 1.29 is 22.3 Å². The number of sulfonamides is 1. The summed E-state index contributed by atoms with van der Waals surface area (Å²) in [5.41, 5.74) is -0.327. The van der Waals surface area contributed by atoms with Gasteiger partial charge in [0.2, 0.25) is 10.0 Å². The Bertz CT molecular complexity index is 617. The zero-order chi connectivity index (χ0) is 16.2. The summed E-state index contributed by atoms with van der Waals surface area (Å²) in [6.07, 6.45) is 0. The van der Waals surface area contributed by atoms with Crippen LogP contribution in [0.2, 0.25) is 0 Å². The average Bonchev–Trinajstić information content (AvgIpc) is 2.37. The number of halogens is 1. The first-order valence-corrected chi connectivity index (χ1v) is 7.85. The highest BCUT2D eigenvalue weighted by Gasteiger charge is 2.23. The van der Waals surface area contributed by atoms with Gasteiger partial charge >= 0.3 is 0 Å². The second kappa shape index (κ2) is 6.97. The largest absolute Gasteiger partial charge is 0.383 e. The number of carbonyl (C=O) groups is 1. The Morgan fingerprint density at radius 1 is 1.43 bits per heavy atom. The summed E-state index contributed by atoms with van der Waals surface area (Å²) in [6.45, 7) is 4.11. The number of ether oxygens (including phenoxy) is 1. The third kappa shape index (κ3) is 4.48.